The minimum absolute atomic E-state index is 0.0260. The van der Waals surface area contributed by atoms with Gasteiger partial charge < -0.3 is 10.3 Å². The number of H-pyrrole nitrogens is 1. The van der Waals surface area contributed by atoms with Crippen LogP contribution < -0.4 is 10.9 Å². The van der Waals surface area contributed by atoms with Crippen molar-refractivity contribution >= 4 is 5.91 Å². The number of nitrogens with zero attached hydrogens (tertiary/aromatic N) is 2. The number of pyridine rings is 1. The van der Waals surface area contributed by atoms with Crippen LogP contribution in [0.15, 0.2) is 16.9 Å². The molecule has 6 nitrogen and oxygen atoms in total. The number of aromatic nitrogens is 3. The van der Waals surface area contributed by atoms with Gasteiger partial charge in [0.2, 0.25) is 5.56 Å². The maximum absolute atomic E-state index is 12.8. The molecule has 2 N–H and O–H groups in total. The number of carbonyl (C=O) groups excluding carboxylic acids is 1. The molecular weight excluding hydrogens is 304 g/mol. The summed E-state index contributed by atoms with van der Waals surface area (Å²) in [7, 11) is 1.95. The molecule has 0 fully saturated rings. The zero-order valence-corrected chi connectivity index (χ0v) is 14.6. The summed E-state index contributed by atoms with van der Waals surface area (Å²) in [5.74, 6) is -0.0715. The third-order valence-corrected chi connectivity index (χ3v) is 4.72. The SMILES string of the molecule is Cc1nn(C)c2c1C(NC(=O)c1ccc(=O)[nH]c1C(C)C)CCC2. The van der Waals surface area contributed by atoms with Gasteiger partial charge in [-0.3, -0.25) is 14.3 Å². The van der Waals surface area contributed by atoms with Crippen LogP contribution in [0.25, 0.3) is 0 Å². The largest absolute Gasteiger partial charge is 0.345 e. The van der Waals surface area contributed by atoms with Crippen LogP contribution in [0.2, 0.25) is 0 Å². The Hall–Kier alpha value is -2.37. The van der Waals surface area contributed by atoms with Crippen LogP contribution in [-0.2, 0) is 13.5 Å². The molecule has 0 aromatic carbocycles. The van der Waals surface area contributed by atoms with Crippen LogP contribution in [0.3, 0.4) is 0 Å². The number of aryl methyl sites for hydroxylation is 2. The lowest BCUT2D eigenvalue weighted by molar-refractivity contribution is 0.0930. The fraction of sp³-hybridized carbons (Fsp3) is 0.500. The molecule has 1 amide bonds. The highest BCUT2D eigenvalue weighted by molar-refractivity contribution is 5.95. The molecule has 0 saturated carbocycles. The lowest BCUT2D eigenvalue weighted by Crippen LogP contribution is -2.32. The number of hydrogen-bond acceptors (Lipinski definition) is 3. The first-order valence-electron chi connectivity index (χ1n) is 8.45. The number of nitrogens with one attached hydrogen (secondary N) is 2. The molecule has 1 aliphatic rings. The van der Waals surface area contributed by atoms with Gasteiger partial charge in [-0.25, -0.2) is 0 Å². The summed E-state index contributed by atoms with van der Waals surface area (Å²) in [6.07, 6.45) is 2.93. The smallest absolute Gasteiger partial charge is 0.253 e. The van der Waals surface area contributed by atoms with Gasteiger partial charge in [0.15, 0.2) is 0 Å². The highest BCUT2D eigenvalue weighted by Crippen LogP contribution is 2.32. The monoisotopic (exact) mass is 328 g/mol. The number of hydrogen-bond donors (Lipinski definition) is 2. The van der Waals surface area contributed by atoms with E-state index in [4.69, 9.17) is 0 Å². The van der Waals surface area contributed by atoms with Crippen LogP contribution in [-0.4, -0.2) is 20.7 Å². The molecule has 0 saturated heterocycles. The van der Waals surface area contributed by atoms with Crippen molar-refractivity contribution in [3.8, 4) is 0 Å². The third kappa shape index (κ3) is 2.88. The summed E-state index contributed by atoms with van der Waals surface area (Å²) in [6.45, 7) is 5.92. The molecule has 128 valence electrons. The van der Waals surface area contributed by atoms with E-state index in [0.717, 1.165) is 30.5 Å². The molecule has 2 aromatic heterocycles. The van der Waals surface area contributed by atoms with Gasteiger partial charge in [-0.1, -0.05) is 13.8 Å². The van der Waals surface area contributed by atoms with Gasteiger partial charge in [-0.15, -0.1) is 0 Å². The predicted octanol–water partition coefficient (Wildman–Crippen LogP) is 2.35. The van der Waals surface area contributed by atoms with E-state index in [1.165, 1.54) is 11.8 Å². The number of aromatic amines is 1. The van der Waals surface area contributed by atoms with Crippen molar-refractivity contribution in [2.45, 2.75) is 52.0 Å². The number of fused-ring (bicyclic) bond motifs is 1. The number of amides is 1. The first-order valence-corrected chi connectivity index (χ1v) is 8.45. The predicted molar refractivity (Wildman–Crippen MR) is 92.2 cm³/mol. The van der Waals surface area contributed by atoms with Gasteiger partial charge in [-0.2, -0.15) is 5.10 Å². The van der Waals surface area contributed by atoms with Gasteiger partial charge in [0.1, 0.15) is 0 Å². The van der Waals surface area contributed by atoms with E-state index in [2.05, 4.69) is 15.4 Å². The van der Waals surface area contributed by atoms with Crippen LogP contribution in [0.1, 0.15) is 71.7 Å². The Labute approximate surface area is 141 Å². The Morgan fingerprint density at radius 3 is 2.88 bits per heavy atom. The number of carbonyl (C=O) groups is 1. The maximum atomic E-state index is 12.8. The van der Waals surface area contributed by atoms with Crippen molar-refractivity contribution in [1.29, 1.82) is 0 Å². The molecule has 1 aliphatic carbocycles. The fourth-order valence-electron chi connectivity index (χ4n) is 3.61. The lowest BCUT2D eigenvalue weighted by atomic mass is 9.90. The summed E-state index contributed by atoms with van der Waals surface area (Å²) < 4.78 is 1.92. The van der Waals surface area contributed by atoms with E-state index in [9.17, 15) is 9.59 Å². The van der Waals surface area contributed by atoms with E-state index in [0.29, 0.717) is 11.3 Å². The Morgan fingerprint density at radius 1 is 1.42 bits per heavy atom. The lowest BCUT2D eigenvalue weighted by Gasteiger charge is -2.25. The molecule has 24 heavy (non-hydrogen) atoms. The average molecular weight is 328 g/mol. The molecular formula is C18H24N4O2. The Bertz CT molecular complexity index is 832. The normalized spacial score (nSPS) is 17.0. The van der Waals surface area contributed by atoms with E-state index >= 15 is 0 Å². The first kappa shape index (κ1) is 16.5. The van der Waals surface area contributed by atoms with Crippen molar-refractivity contribution < 1.29 is 4.79 Å². The Balaban J connectivity index is 1.91. The third-order valence-electron chi connectivity index (χ3n) is 4.72. The minimum Gasteiger partial charge on any atom is -0.345 e. The van der Waals surface area contributed by atoms with Crippen molar-refractivity contribution in [1.82, 2.24) is 20.1 Å². The van der Waals surface area contributed by atoms with Crippen molar-refractivity contribution in [3.63, 3.8) is 0 Å². The van der Waals surface area contributed by atoms with Crippen LogP contribution in [0, 0.1) is 6.92 Å². The fourth-order valence-corrected chi connectivity index (χ4v) is 3.61. The highest BCUT2D eigenvalue weighted by Gasteiger charge is 2.28. The second-order valence-corrected chi connectivity index (χ2v) is 6.79. The molecule has 0 bridgehead atoms. The van der Waals surface area contributed by atoms with Crippen molar-refractivity contribution in [2.24, 2.45) is 7.05 Å². The topological polar surface area (TPSA) is 79.8 Å². The first-order chi connectivity index (χ1) is 11.4. The van der Waals surface area contributed by atoms with Gasteiger partial charge in [-0.05, 0) is 38.2 Å². The minimum atomic E-state index is -0.182. The highest BCUT2D eigenvalue weighted by atomic mass is 16.2. The second kappa shape index (κ2) is 6.26. The van der Waals surface area contributed by atoms with Crippen molar-refractivity contribution in [2.75, 3.05) is 0 Å². The van der Waals surface area contributed by atoms with Gasteiger partial charge in [0.25, 0.3) is 5.91 Å². The molecule has 2 aromatic rings. The van der Waals surface area contributed by atoms with Crippen molar-refractivity contribution in [3.05, 3.63) is 50.7 Å². The molecule has 0 spiro atoms. The molecule has 1 atom stereocenters. The molecule has 2 heterocycles. The quantitative estimate of drug-likeness (QED) is 0.907. The van der Waals surface area contributed by atoms with Gasteiger partial charge in [0.05, 0.1) is 17.3 Å². The van der Waals surface area contributed by atoms with Crippen LogP contribution in [0.5, 0.6) is 0 Å². The Kier molecular flexibility index (Phi) is 4.30. The van der Waals surface area contributed by atoms with Crippen LogP contribution >= 0.6 is 0 Å². The summed E-state index contributed by atoms with van der Waals surface area (Å²) in [4.78, 5) is 27.2. The molecule has 0 radical (unpaired) electrons. The molecule has 0 aliphatic heterocycles. The van der Waals surface area contributed by atoms with E-state index in [1.54, 1.807) is 6.07 Å². The Morgan fingerprint density at radius 2 is 2.17 bits per heavy atom. The second-order valence-electron chi connectivity index (χ2n) is 6.79. The van der Waals surface area contributed by atoms with Crippen LogP contribution in [0.4, 0.5) is 0 Å². The molecule has 6 heteroatoms. The zero-order chi connectivity index (χ0) is 17.4. The summed E-state index contributed by atoms with van der Waals surface area (Å²) in [5.41, 5.74) is 4.36. The summed E-state index contributed by atoms with van der Waals surface area (Å²) in [6, 6.07) is 2.99. The van der Waals surface area contributed by atoms with Gasteiger partial charge in [0, 0.05) is 30.1 Å². The van der Waals surface area contributed by atoms with E-state index in [1.807, 2.05) is 32.5 Å². The van der Waals surface area contributed by atoms with E-state index in [-0.39, 0.29) is 23.4 Å². The summed E-state index contributed by atoms with van der Waals surface area (Å²) in [5, 5.41) is 7.64. The molecule has 1 unspecified atom stereocenters. The molecule has 3 rings (SSSR count). The van der Waals surface area contributed by atoms with Gasteiger partial charge >= 0.3 is 0 Å². The standard InChI is InChI=1S/C18H24N4O2/c1-10(2)17-12(8-9-15(23)20-17)18(24)19-13-6-5-7-14-16(13)11(3)21-22(14)4/h8-10,13H,5-7H2,1-4H3,(H,19,24)(H,20,23). The number of rotatable bonds is 3. The summed E-state index contributed by atoms with van der Waals surface area (Å²) >= 11 is 0. The average Bonchev–Trinajstić information content (AvgIpc) is 2.82. The maximum Gasteiger partial charge on any atom is 0.253 e. The van der Waals surface area contributed by atoms with E-state index < -0.39 is 0 Å². The zero-order valence-electron chi connectivity index (χ0n) is 14.6.